The summed E-state index contributed by atoms with van der Waals surface area (Å²) in [6, 6.07) is 8.44. The second-order valence-corrected chi connectivity index (χ2v) is 10.3. The number of nitrogens with one attached hydrogen (secondary N) is 2. The normalized spacial score (nSPS) is 15.5. The van der Waals surface area contributed by atoms with Crippen LogP contribution in [0.3, 0.4) is 0 Å². The van der Waals surface area contributed by atoms with Crippen molar-refractivity contribution in [3.63, 3.8) is 0 Å². The summed E-state index contributed by atoms with van der Waals surface area (Å²) >= 11 is 6.24. The van der Waals surface area contributed by atoms with Crippen molar-refractivity contribution in [1.82, 2.24) is 15.1 Å². The molecule has 1 fully saturated rings. The summed E-state index contributed by atoms with van der Waals surface area (Å²) in [5.74, 6) is 5.39. The number of hydrogen-bond acceptors (Lipinski definition) is 6. The average molecular weight is 575 g/mol. The molecule has 7 nitrogen and oxygen atoms in total. The molecule has 1 saturated heterocycles. The molecule has 0 bridgehead atoms. The molecule has 214 valence electrons. The first-order chi connectivity index (χ1) is 18.8. The lowest BCUT2D eigenvalue weighted by molar-refractivity contribution is -0.138. The zero-order valence-electron chi connectivity index (χ0n) is 22.7. The van der Waals surface area contributed by atoms with Crippen LogP contribution in [0.5, 0.6) is 0 Å². The van der Waals surface area contributed by atoms with E-state index in [4.69, 9.17) is 23.1 Å². The molecule has 40 heavy (non-hydrogen) atoms. The van der Waals surface area contributed by atoms with Crippen molar-refractivity contribution >= 4 is 23.2 Å². The molecule has 1 aliphatic rings. The summed E-state index contributed by atoms with van der Waals surface area (Å²) < 4.78 is 41.7. The summed E-state index contributed by atoms with van der Waals surface area (Å²) in [5, 5.41) is 5.86. The van der Waals surface area contributed by atoms with Crippen molar-refractivity contribution in [3.05, 3.63) is 87.3 Å². The number of allylic oxidation sites excluding steroid dienone is 3. The maximum absolute atomic E-state index is 13.9. The fourth-order valence-corrected chi connectivity index (χ4v) is 4.18. The number of hydrogen-bond donors (Lipinski definition) is 4. The van der Waals surface area contributed by atoms with Gasteiger partial charge in [0.2, 0.25) is 0 Å². The molecule has 2 aromatic rings. The Morgan fingerprint density at radius 3 is 2.45 bits per heavy atom. The second kappa shape index (κ2) is 13.6. The van der Waals surface area contributed by atoms with Gasteiger partial charge in [-0.2, -0.15) is 13.2 Å². The van der Waals surface area contributed by atoms with Gasteiger partial charge in [-0.3, -0.25) is 9.69 Å². The highest BCUT2D eigenvalue weighted by atomic mass is 35.5. The van der Waals surface area contributed by atoms with E-state index in [0.717, 1.165) is 19.2 Å². The smallest absolute Gasteiger partial charge is 0.392 e. The molecular weight excluding hydrogens is 541 g/mol. The minimum absolute atomic E-state index is 0.0357. The van der Waals surface area contributed by atoms with Gasteiger partial charge >= 0.3 is 6.18 Å². The quantitative estimate of drug-likeness (QED) is 0.290. The number of carbonyl (C=O) groups is 1. The molecule has 0 atom stereocenters. The number of amides is 1. The monoisotopic (exact) mass is 574 g/mol. The van der Waals surface area contributed by atoms with E-state index in [-0.39, 0.29) is 35.1 Å². The highest BCUT2D eigenvalue weighted by molar-refractivity contribution is 6.32. The molecule has 11 heteroatoms. The van der Waals surface area contributed by atoms with E-state index in [1.165, 1.54) is 36.4 Å². The van der Waals surface area contributed by atoms with Gasteiger partial charge in [0.15, 0.2) is 0 Å². The van der Waals surface area contributed by atoms with E-state index >= 15 is 0 Å². The molecule has 1 amide bonds. The van der Waals surface area contributed by atoms with Crippen molar-refractivity contribution in [1.29, 1.82) is 0 Å². The fraction of sp³-hybridized carbons (Fsp3) is 0.345. The minimum Gasteiger partial charge on any atom is -0.392 e. The molecular formula is C29H34ClF3N6O. The van der Waals surface area contributed by atoms with Gasteiger partial charge in [0.1, 0.15) is 0 Å². The lowest BCUT2D eigenvalue weighted by Crippen LogP contribution is -2.44. The molecule has 1 aliphatic heterocycles. The first-order valence-electron chi connectivity index (χ1n) is 12.7. The van der Waals surface area contributed by atoms with Crippen LogP contribution < -0.4 is 22.1 Å². The average Bonchev–Trinajstić information content (AvgIpc) is 2.88. The molecule has 1 heterocycles. The maximum Gasteiger partial charge on any atom is 0.416 e. The summed E-state index contributed by atoms with van der Waals surface area (Å²) in [4.78, 5) is 17.0. The van der Waals surface area contributed by atoms with Crippen LogP contribution in [0.2, 0.25) is 5.02 Å². The van der Waals surface area contributed by atoms with Crippen LogP contribution >= 0.6 is 11.6 Å². The van der Waals surface area contributed by atoms with Gasteiger partial charge < -0.3 is 27.0 Å². The molecule has 0 aliphatic carbocycles. The van der Waals surface area contributed by atoms with E-state index in [2.05, 4.69) is 27.4 Å². The number of halogens is 4. The standard InChI is InChI=1S/C29H34ClF3N6O/c1-19(2)36-27(35)11-8-23(34)7-4-20-16-21(6-10-26(20)30)28(40)37-24-9-5-22(25(17-24)29(31,32)33)18-39-14-12-38(3)13-15-39/h5-6,8-11,16-17,19,36H,12-15,18,34-35H2,1-3H3,(H,37,40)/b23-8-,27-11+. The van der Waals surface area contributed by atoms with Gasteiger partial charge in [-0.05, 0) is 74.9 Å². The van der Waals surface area contributed by atoms with Gasteiger partial charge in [-0.25, -0.2) is 0 Å². The topological polar surface area (TPSA) is 99.6 Å². The molecule has 0 unspecified atom stereocenters. The Morgan fingerprint density at radius 1 is 1.10 bits per heavy atom. The number of nitrogens with two attached hydrogens (primary N) is 2. The van der Waals surface area contributed by atoms with Crippen LogP contribution in [-0.4, -0.2) is 55.0 Å². The van der Waals surface area contributed by atoms with Crippen molar-refractivity contribution in [3.8, 4) is 11.8 Å². The zero-order valence-corrected chi connectivity index (χ0v) is 23.5. The lowest BCUT2D eigenvalue weighted by Gasteiger charge is -2.33. The number of nitrogens with zero attached hydrogens (tertiary/aromatic N) is 2. The molecule has 3 rings (SSSR count). The second-order valence-electron chi connectivity index (χ2n) is 9.89. The van der Waals surface area contributed by atoms with E-state index in [9.17, 15) is 18.0 Å². The molecule has 0 spiro atoms. The molecule has 0 aromatic heterocycles. The Balaban J connectivity index is 1.76. The summed E-state index contributed by atoms with van der Waals surface area (Å²) in [7, 11) is 1.99. The molecule has 6 N–H and O–H groups in total. The van der Waals surface area contributed by atoms with Crippen molar-refractivity contribution in [2.24, 2.45) is 11.5 Å². The predicted octanol–water partition coefficient (Wildman–Crippen LogP) is 4.35. The first-order valence-corrected chi connectivity index (χ1v) is 13.1. The van der Waals surface area contributed by atoms with E-state index < -0.39 is 17.6 Å². The number of rotatable bonds is 7. The van der Waals surface area contributed by atoms with Gasteiger partial charge in [-0.15, -0.1) is 0 Å². The Hall–Kier alpha value is -3.65. The largest absolute Gasteiger partial charge is 0.416 e. The van der Waals surface area contributed by atoms with Gasteiger partial charge in [0, 0.05) is 55.6 Å². The number of benzene rings is 2. The predicted molar refractivity (Wildman–Crippen MR) is 153 cm³/mol. The Labute approximate surface area is 238 Å². The number of piperazine rings is 1. The summed E-state index contributed by atoms with van der Waals surface area (Å²) in [5.41, 5.74) is 11.9. The number of alkyl halides is 3. The van der Waals surface area contributed by atoms with E-state index in [0.29, 0.717) is 29.5 Å². The van der Waals surface area contributed by atoms with Crippen LogP contribution in [0.25, 0.3) is 0 Å². The summed E-state index contributed by atoms with van der Waals surface area (Å²) in [6.07, 6.45) is -1.45. The molecule has 2 aromatic carbocycles. The third-order valence-electron chi connectivity index (χ3n) is 6.13. The first kappa shape index (κ1) is 30.9. The SMILES string of the molecule is CC(C)N/C(N)=C/C=C(\N)C#Cc1cc(C(=O)Nc2ccc(CN3CCN(C)CC3)c(C(F)(F)F)c2)ccc1Cl. The van der Waals surface area contributed by atoms with Crippen molar-refractivity contribution < 1.29 is 18.0 Å². The highest BCUT2D eigenvalue weighted by Gasteiger charge is 2.34. The van der Waals surface area contributed by atoms with Crippen LogP contribution in [0, 0.1) is 11.8 Å². The van der Waals surface area contributed by atoms with Crippen LogP contribution in [-0.2, 0) is 12.7 Å². The Kier molecular flexibility index (Phi) is 10.5. The fourth-order valence-electron chi connectivity index (χ4n) is 4.01. The van der Waals surface area contributed by atoms with Crippen LogP contribution in [0.4, 0.5) is 18.9 Å². The number of likely N-dealkylation sites (N-methyl/N-ethyl adjacent to an activating group) is 1. The molecule has 0 radical (unpaired) electrons. The number of anilines is 1. The van der Waals surface area contributed by atoms with Crippen molar-refractivity contribution in [2.75, 3.05) is 38.5 Å². The minimum atomic E-state index is -4.57. The van der Waals surface area contributed by atoms with Gasteiger partial charge in [0.05, 0.1) is 22.1 Å². The van der Waals surface area contributed by atoms with Gasteiger partial charge in [-0.1, -0.05) is 23.6 Å². The van der Waals surface area contributed by atoms with Crippen LogP contribution in [0.15, 0.2) is 60.1 Å². The number of carbonyl (C=O) groups excluding carboxylic acids is 1. The lowest BCUT2D eigenvalue weighted by atomic mass is 10.0. The van der Waals surface area contributed by atoms with Gasteiger partial charge in [0.25, 0.3) is 5.91 Å². The Bertz CT molecular complexity index is 1340. The zero-order chi connectivity index (χ0) is 29.4. The maximum atomic E-state index is 13.9. The third-order valence-corrected chi connectivity index (χ3v) is 6.46. The highest BCUT2D eigenvalue weighted by Crippen LogP contribution is 2.34. The van der Waals surface area contributed by atoms with Crippen LogP contribution in [0.1, 0.15) is 40.9 Å². The Morgan fingerprint density at radius 2 is 1.80 bits per heavy atom. The van der Waals surface area contributed by atoms with E-state index in [1.807, 2.05) is 25.8 Å². The summed E-state index contributed by atoms with van der Waals surface area (Å²) in [6.45, 7) is 7.05. The van der Waals surface area contributed by atoms with E-state index in [1.54, 1.807) is 6.08 Å². The third kappa shape index (κ3) is 9.23. The molecule has 0 saturated carbocycles. The van der Waals surface area contributed by atoms with Crippen molar-refractivity contribution in [2.45, 2.75) is 32.6 Å².